The Balaban J connectivity index is 1.87. The van der Waals surface area contributed by atoms with E-state index in [-0.39, 0.29) is 23.8 Å². The maximum atomic E-state index is 12.5. The van der Waals surface area contributed by atoms with Crippen LogP contribution in [0.1, 0.15) is 33.1 Å². The van der Waals surface area contributed by atoms with E-state index >= 15 is 0 Å². The van der Waals surface area contributed by atoms with E-state index < -0.39 is 0 Å². The van der Waals surface area contributed by atoms with Gasteiger partial charge >= 0.3 is 0 Å². The van der Waals surface area contributed by atoms with Crippen LogP contribution < -0.4 is 10.6 Å². The summed E-state index contributed by atoms with van der Waals surface area (Å²) < 4.78 is 0. The van der Waals surface area contributed by atoms with Crippen LogP contribution in [0.25, 0.3) is 0 Å². The fraction of sp³-hybridized carbons (Fsp3) is 0.556. The van der Waals surface area contributed by atoms with Gasteiger partial charge in [-0.1, -0.05) is 36.2 Å². The van der Waals surface area contributed by atoms with Crippen LogP contribution in [-0.2, 0) is 9.59 Å². The summed E-state index contributed by atoms with van der Waals surface area (Å²) in [4.78, 5) is 26.6. The molecule has 1 atom stereocenters. The van der Waals surface area contributed by atoms with E-state index in [0.717, 1.165) is 38.9 Å². The predicted octanol–water partition coefficient (Wildman–Crippen LogP) is 3.56. The molecule has 1 aliphatic rings. The van der Waals surface area contributed by atoms with Crippen LogP contribution in [0, 0.1) is 5.92 Å². The molecule has 1 heterocycles. The summed E-state index contributed by atoms with van der Waals surface area (Å²) in [5.74, 6) is 0.0443. The van der Waals surface area contributed by atoms with E-state index in [1.165, 1.54) is 0 Å². The molecule has 25 heavy (non-hydrogen) atoms. The summed E-state index contributed by atoms with van der Waals surface area (Å²) in [6.45, 7) is 6.07. The zero-order valence-electron chi connectivity index (χ0n) is 14.6. The Morgan fingerprint density at radius 1 is 1.28 bits per heavy atom. The summed E-state index contributed by atoms with van der Waals surface area (Å²) in [7, 11) is 0. The lowest BCUT2D eigenvalue weighted by Gasteiger charge is -2.34. The normalized spacial score (nSPS) is 17.1. The minimum Gasteiger partial charge on any atom is -0.356 e. The number of likely N-dealkylation sites (tertiary alicyclic amines) is 1. The molecule has 0 bridgehead atoms. The third kappa shape index (κ3) is 5.33. The van der Waals surface area contributed by atoms with Crippen LogP contribution in [0.5, 0.6) is 0 Å². The fourth-order valence-electron chi connectivity index (χ4n) is 2.94. The van der Waals surface area contributed by atoms with Gasteiger partial charge in [-0.25, -0.2) is 0 Å². The van der Waals surface area contributed by atoms with Crippen LogP contribution >= 0.6 is 23.2 Å². The van der Waals surface area contributed by atoms with Crippen LogP contribution in [0.4, 0.5) is 5.69 Å². The second-order valence-corrected chi connectivity index (χ2v) is 7.15. The van der Waals surface area contributed by atoms with Crippen molar-refractivity contribution in [2.24, 2.45) is 5.92 Å². The van der Waals surface area contributed by atoms with Gasteiger partial charge in [0.1, 0.15) is 0 Å². The van der Waals surface area contributed by atoms with Crippen molar-refractivity contribution in [1.82, 2.24) is 10.2 Å². The van der Waals surface area contributed by atoms with E-state index in [1.54, 1.807) is 18.2 Å². The highest BCUT2D eigenvalue weighted by Crippen LogP contribution is 2.30. The third-order valence-electron chi connectivity index (χ3n) is 4.59. The monoisotopic (exact) mass is 385 g/mol. The number of carbonyl (C=O) groups excluding carboxylic acids is 2. The Bertz CT molecular complexity index is 616. The Kier molecular flexibility index (Phi) is 7.54. The van der Waals surface area contributed by atoms with Crippen molar-refractivity contribution >= 4 is 40.7 Å². The molecule has 1 aromatic carbocycles. The van der Waals surface area contributed by atoms with Crippen molar-refractivity contribution in [3.63, 3.8) is 0 Å². The third-order valence-corrected chi connectivity index (χ3v) is 5.41. The van der Waals surface area contributed by atoms with Gasteiger partial charge < -0.3 is 10.6 Å². The first-order valence-electron chi connectivity index (χ1n) is 8.70. The number of halogens is 2. The number of hydrogen-bond acceptors (Lipinski definition) is 3. The molecule has 0 saturated carbocycles. The summed E-state index contributed by atoms with van der Waals surface area (Å²) in [6, 6.07) is 4.85. The number of anilines is 1. The second-order valence-electron chi connectivity index (χ2n) is 6.37. The summed E-state index contributed by atoms with van der Waals surface area (Å²) in [5, 5.41) is 6.53. The van der Waals surface area contributed by atoms with Crippen molar-refractivity contribution in [1.29, 1.82) is 0 Å². The molecule has 138 valence electrons. The highest BCUT2D eigenvalue weighted by Gasteiger charge is 2.29. The number of nitrogens with zero attached hydrogens (tertiary/aromatic N) is 1. The van der Waals surface area contributed by atoms with Gasteiger partial charge in [-0.3, -0.25) is 14.5 Å². The molecule has 0 radical (unpaired) electrons. The van der Waals surface area contributed by atoms with Crippen LogP contribution in [0.15, 0.2) is 18.2 Å². The molecule has 5 nitrogen and oxygen atoms in total. The average Bonchev–Trinajstić information content (AvgIpc) is 2.63. The zero-order valence-corrected chi connectivity index (χ0v) is 16.2. The van der Waals surface area contributed by atoms with E-state index in [2.05, 4.69) is 15.5 Å². The number of nitrogens with one attached hydrogen (secondary N) is 2. The van der Waals surface area contributed by atoms with Crippen LogP contribution in [0.3, 0.4) is 0 Å². The van der Waals surface area contributed by atoms with Gasteiger partial charge in [-0.2, -0.15) is 0 Å². The molecular formula is C18H25Cl2N3O2. The van der Waals surface area contributed by atoms with E-state index in [0.29, 0.717) is 15.7 Å². The fourth-order valence-corrected chi connectivity index (χ4v) is 3.29. The Hall–Kier alpha value is -1.30. The number of hydrogen-bond donors (Lipinski definition) is 2. The van der Waals surface area contributed by atoms with Crippen LogP contribution in [-0.4, -0.2) is 42.4 Å². The first kappa shape index (κ1) is 20.0. The molecule has 7 heteroatoms. The van der Waals surface area contributed by atoms with Gasteiger partial charge in [0.15, 0.2) is 0 Å². The van der Waals surface area contributed by atoms with Crippen molar-refractivity contribution in [2.45, 2.75) is 39.2 Å². The standard InChI is InChI=1S/C18H25Cl2N3O2/c1-3-9-21-18(25)13-7-10-23(11-8-13)12(2)17(24)22-15-6-4-5-14(19)16(15)20/h4-6,12-13H,3,7-11H2,1-2H3,(H,21,25)(H,22,24)/t12-/m1/s1. The minimum atomic E-state index is -0.297. The van der Waals surface area contributed by atoms with Crippen molar-refractivity contribution in [3.8, 4) is 0 Å². The summed E-state index contributed by atoms with van der Waals surface area (Å²) >= 11 is 12.1. The molecule has 1 fully saturated rings. The lowest BCUT2D eigenvalue weighted by Crippen LogP contribution is -2.48. The van der Waals surface area contributed by atoms with Gasteiger partial charge in [0.25, 0.3) is 0 Å². The number of carbonyl (C=O) groups is 2. The van der Waals surface area contributed by atoms with E-state index in [4.69, 9.17) is 23.2 Å². The first-order chi connectivity index (χ1) is 11.9. The topological polar surface area (TPSA) is 61.4 Å². The number of piperidine rings is 1. The number of amides is 2. The average molecular weight is 386 g/mol. The lowest BCUT2D eigenvalue weighted by molar-refractivity contribution is -0.127. The predicted molar refractivity (Wildman–Crippen MR) is 102 cm³/mol. The Labute approximate surface area is 159 Å². The van der Waals surface area contributed by atoms with Crippen LogP contribution in [0.2, 0.25) is 10.0 Å². The molecule has 0 unspecified atom stereocenters. The summed E-state index contributed by atoms with van der Waals surface area (Å²) in [5.41, 5.74) is 0.514. The van der Waals surface area contributed by atoms with Gasteiger partial charge in [0, 0.05) is 12.5 Å². The SMILES string of the molecule is CCCNC(=O)C1CCN([C@H](C)C(=O)Nc2cccc(Cl)c2Cl)CC1. The quantitative estimate of drug-likeness (QED) is 0.786. The van der Waals surface area contributed by atoms with Crippen molar-refractivity contribution in [3.05, 3.63) is 28.2 Å². The van der Waals surface area contributed by atoms with Crippen molar-refractivity contribution < 1.29 is 9.59 Å². The summed E-state index contributed by atoms with van der Waals surface area (Å²) in [6.07, 6.45) is 2.48. The first-order valence-corrected chi connectivity index (χ1v) is 9.46. The Morgan fingerprint density at radius 3 is 2.60 bits per heavy atom. The zero-order chi connectivity index (χ0) is 18.4. The number of benzene rings is 1. The van der Waals surface area contributed by atoms with Gasteiger partial charge in [-0.05, 0) is 51.4 Å². The van der Waals surface area contributed by atoms with E-state index in [1.807, 2.05) is 13.8 Å². The lowest BCUT2D eigenvalue weighted by atomic mass is 9.95. The van der Waals surface area contributed by atoms with Gasteiger partial charge in [-0.15, -0.1) is 0 Å². The Morgan fingerprint density at radius 2 is 1.96 bits per heavy atom. The smallest absolute Gasteiger partial charge is 0.241 e. The molecule has 1 aromatic rings. The largest absolute Gasteiger partial charge is 0.356 e. The molecule has 0 aliphatic carbocycles. The minimum absolute atomic E-state index is 0.0421. The van der Waals surface area contributed by atoms with Gasteiger partial charge in [0.05, 0.1) is 21.8 Å². The van der Waals surface area contributed by atoms with Gasteiger partial charge in [0.2, 0.25) is 11.8 Å². The van der Waals surface area contributed by atoms with E-state index in [9.17, 15) is 9.59 Å². The molecule has 2 rings (SSSR count). The molecule has 2 N–H and O–H groups in total. The maximum Gasteiger partial charge on any atom is 0.241 e. The van der Waals surface area contributed by atoms with Crippen molar-refractivity contribution in [2.75, 3.05) is 25.0 Å². The highest BCUT2D eigenvalue weighted by molar-refractivity contribution is 6.44. The maximum absolute atomic E-state index is 12.5. The molecule has 1 aliphatic heterocycles. The molecule has 2 amide bonds. The molecule has 0 aromatic heterocycles. The molecular weight excluding hydrogens is 361 g/mol. The molecule has 0 spiro atoms. The highest BCUT2D eigenvalue weighted by atomic mass is 35.5. The molecule has 1 saturated heterocycles. The number of rotatable bonds is 6. The second kappa shape index (κ2) is 9.41.